The van der Waals surface area contributed by atoms with Crippen molar-refractivity contribution in [3.8, 4) is 12.1 Å². The standard InChI is InChI=1S/C25H21N5O2S/c1-4-29-21(14-30-23(31)19-7-5-6-8-20(19)24(30)32)28-22(15(2)3)25(29)33-18-10-16(12-26)9-17(11-18)13-27/h5-11,15H,4,14H2,1-3H3. The van der Waals surface area contributed by atoms with Crippen molar-refractivity contribution in [3.63, 3.8) is 0 Å². The molecule has 1 aliphatic rings. The van der Waals surface area contributed by atoms with Gasteiger partial charge < -0.3 is 4.57 Å². The number of fused-ring (bicyclic) bond motifs is 1. The molecule has 2 amide bonds. The minimum absolute atomic E-state index is 0.0716. The third-order valence-electron chi connectivity index (χ3n) is 5.45. The highest BCUT2D eigenvalue weighted by atomic mass is 32.2. The molecule has 2 heterocycles. The van der Waals surface area contributed by atoms with Crippen molar-refractivity contribution in [1.29, 1.82) is 10.5 Å². The Morgan fingerprint density at radius 1 is 1.00 bits per heavy atom. The van der Waals surface area contributed by atoms with Gasteiger partial charge in [-0.15, -0.1) is 0 Å². The molecule has 0 saturated heterocycles. The number of imide groups is 1. The number of carbonyl (C=O) groups excluding carboxylic acids is 2. The van der Waals surface area contributed by atoms with Gasteiger partial charge in [0.25, 0.3) is 11.8 Å². The molecule has 0 fully saturated rings. The largest absolute Gasteiger partial charge is 0.321 e. The number of hydrogen-bond acceptors (Lipinski definition) is 6. The van der Waals surface area contributed by atoms with E-state index >= 15 is 0 Å². The molecule has 164 valence electrons. The van der Waals surface area contributed by atoms with Crippen LogP contribution >= 0.6 is 11.8 Å². The van der Waals surface area contributed by atoms with Gasteiger partial charge in [-0.2, -0.15) is 10.5 Å². The van der Waals surface area contributed by atoms with Crippen molar-refractivity contribution in [2.24, 2.45) is 0 Å². The van der Waals surface area contributed by atoms with Gasteiger partial charge in [-0.1, -0.05) is 37.7 Å². The van der Waals surface area contributed by atoms with Crippen molar-refractivity contribution in [2.75, 3.05) is 0 Å². The maximum absolute atomic E-state index is 12.9. The first kappa shape index (κ1) is 22.3. The first-order chi connectivity index (χ1) is 15.9. The van der Waals surface area contributed by atoms with Crippen LogP contribution in [0.3, 0.4) is 0 Å². The second-order valence-corrected chi connectivity index (χ2v) is 8.99. The van der Waals surface area contributed by atoms with Crippen LogP contribution in [0.4, 0.5) is 0 Å². The lowest BCUT2D eigenvalue weighted by Crippen LogP contribution is -2.30. The van der Waals surface area contributed by atoms with E-state index in [-0.39, 0.29) is 24.3 Å². The number of benzene rings is 2. The van der Waals surface area contributed by atoms with E-state index in [0.29, 0.717) is 34.6 Å². The highest BCUT2D eigenvalue weighted by Crippen LogP contribution is 2.36. The smallest absolute Gasteiger partial charge is 0.261 e. The lowest BCUT2D eigenvalue weighted by atomic mass is 10.1. The predicted octanol–water partition coefficient (Wildman–Crippen LogP) is 4.72. The van der Waals surface area contributed by atoms with E-state index in [1.54, 1.807) is 42.5 Å². The van der Waals surface area contributed by atoms with E-state index in [1.165, 1.54) is 16.7 Å². The second kappa shape index (κ2) is 8.93. The van der Waals surface area contributed by atoms with Crippen molar-refractivity contribution in [1.82, 2.24) is 14.5 Å². The van der Waals surface area contributed by atoms with Gasteiger partial charge in [0, 0.05) is 11.4 Å². The molecule has 0 unspecified atom stereocenters. The first-order valence-corrected chi connectivity index (χ1v) is 11.4. The fourth-order valence-corrected chi connectivity index (χ4v) is 5.18. The van der Waals surface area contributed by atoms with Crippen molar-refractivity contribution >= 4 is 23.6 Å². The molecule has 2 aromatic carbocycles. The summed E-state index contributed by atoms with van der Waals surface area (Å²) in [5.41, 5.74) is 2.49. The van der Waals surface area contributed by atoms with Crippen LogP contribution in [-0.2, 0) is 13.1 Å². The molecule has 7 nitrogen and oxygen atoms in total. The van der Waals surface area contributed by atoms with Crippen molar-refractivity contribution in [2.45, 2.75) is 49.7 Å². The third-order valence-corrected chi connectivity index (χ3v) is 6.54. The molecule has 0 aliphatic carbocycles. The first-order valence-electron chi connectivity index (χ1n) is 10.6. The SMILES string of the molecule is CCn1c(CN2C(=O)c3ccccc3C2=O)nc(C(C)C)c1Sc1cc(C#N)cc(C#N)c1. The maximum Gasteiger partial charge on any atom is 0.261 e. The Hall–Kier alpha value is -3.88. The Morgan fingerprint density at radius 2 is 1.58 bits per heavy atom. The van der Waals surface area contributed by atoms with Crippen LogP contribution in [-0.4, -0.2) is 26.3 Å². The molecule has 0 spiro atoms. The summed E-state index contributed by atoms with van der Waals surface area (Å²) in [4.78, 5) is 32.6. The summed E-state index contributed by atoms with van der Waals surface area (Å²) in [5, 5.41) is 19.5. The summed E-state index contributed by atoms with van der Waals surface area (Å²) in [7, 11) is 0. The summed E-state index contributed by atoms with van der Waals surface area (Å²) in [5.74, 6) is 0.0786. The summed E-state index contributed by atoms with van der Waals surface area (Å²) in [6, 6.07) is 16.1. The zero-order chi connectivity index (χ0) is 23.7. The van der Waals surface area contributed by atoms with E-state index in [4.69, 9.17) is 4.98 Å². The monoisotopic (exact) mass is 455 g/mol. The molecule has 0 saturated carbocycles. The molecule has 1 aromatic heterocycles. The molecule has 0 N–H and O–H groups in total. The molecule has 4 rings (SSSR count). The zero-order valence-electron chi connectivity index (χ0n) is 18.5. The molecule has 33 heavy (non-hydrogen) atoms. The van der Waals surface area contributed by atoms with Crippen LogP contribution < -0.4 is 0 Å². The minimum Gasteiger partial charge on any atom is -0.321 e. The quantitative estimate of drug-likeness (QED) is 0.499. The van der Waals surface area contributed by atoms with E-state index in [1.807, 2.05) is 25.3 Å². The van der Waals surface area contributed by atoms with Crippen molar-refractivity contribution < 1.29 is 9.59 Å². The van der Waals surface area contributed by atoms with Crippen LogP contribution in [0.1, 0.15) is 70.1 Å². The van der Waals surface area contributed by atoms with Gasteiger partial charge in [-0.3, -0.25) is 14.5 Å². The number of nitrogens with zero attached hydrogens (tertiary/aromatic N) is 5. The third kappa shape index (κ3) is 4.02. The van der Waals surface area contributed by atoms with Crippen LogP contribution in [0.2, 0.25) is 0 Å². The summed E-state index contributed by atoms with van der Waals surface area (Å²) < 4.78 is 1.99. The molecular weight excluding hydrogens is 434 g/mol. The number of aromatic nitrogens is 2. The number of nitriles is 2. The van der Waals surface area contributed by atoms with Gasteiger partial charge in [-0.25, -0.2) is 4.98 Å². The molecule has 8 heteroatoms. The number of amides is 2. The van der Waals surface area contributed by atoms with Crippen LogP contribution in [0, 0.1) is 22.7 Å². The summed E-state index contributed by atoms with van der Waals surface area (Å²) in [6.45, 7) is 6.70. The minimum atomic E-state index is -0.318. The number of rotatable bonds is 6. The molecule has 0 atom stereocenters. The van der Waals surface area contributed by atoms with Gasteiger partial charge in [0.15, 0.2) is 0 Å². The Balaban J connectivity index is 1.73. The second-order valence-electron chi connectivity index (χ2n) is 7.93. The fourth-order valence-electron chi connectivity index (χ4n) is 3.86. The normalized spacial score (nSPS) is 12.7. The summed E-state index contributed by atoms with van der Waals surface area (Å²) >= 11 is 1.43. The molecule has 0 bridgehead atoms. The van der Waals surface area contributed by atoms with Crippen LogP contribution in [0.25, 0.3) is 0 Å². The van der Waals surface area contributed by atoms with Gasteiger partial charge in [0.1, 0.15) is 10.9 Å². The number of carbonyl (C=O) groups is 2. The highest BCUT2D eigenvalue weighted by Gasteiger charge is 2.36. The molecule has 1 aliphatic heterocycles. The van der Waals surface area contributed by atoms with Gasteiger partial charge >= 0.3 is 0 Å². The Morgan fingerprint density at radius 3 is 2.06 bits per heavy atom. The van der Waals surface area contributed by atoms with Gasteiger partial charge in [0.2, 0.25) is 0 Å². The van der Waals surface area contributed by atoms with E-state index in [9.17, 15) is 20.1 Å². The molecular formula is C25H21N5O2S. The highest BCUT2D eigenvalue weighted by molar-refractivity contribution is 7.99. The predicted molar refractivity (Wildman–Crippen MR) is 123 cm³/mol. The summed E-state index contributed by atoms with van der Waals surface area (Å²) in [6.07, 6.45) is 0. The van der Waals surface area contributed by atoms with Gasteiger partial charge in [0.05, 0.1) is 46.6 Å². The van der Waals surface area contributed by atoms with E-state index in [2.05, 4.69) is 12.1 Å². The number of imidazole rings is 1. The average molecular weight is 456 g/mol. The Kier molecular flexibility index (Phi) is 6.04. The number of hydrogen-bond donors (Lipinski definition) is 0. The Labute approximate surface area is 196 Å². The Bertz CT molecular complexity index is 1290. The lowest BCUT2D eigenvalue weighted by molar-refractivity contribution is 0.0636. The van der Waals surface area contributed by atoms with Gasteiger partial charge in [-0.05, 0) is 43.2 Å². The van der Waals surface area contributed by atoms with E-state index in [0.717, 1.165) is 15.6 Å². The average Bonchev–Trinajstić information content (AvgIpc) is 3.29. The van der Waals surface area contributed by atoms with Crippen LogP contribution in [0.15, 0.2) is 52.4 Å². The van der Waals surface area contributed by atoms with Crippen molar-refractivity contribution in [3.05, 3.63) is 76.2 Å². The van der Waals surface area contributed by atoms with E-state index < -0.39 is 0 Å². The topological polar surface area (TPSA) is 103 Å². The van der Waals surface area contributed by atoms with Crippen LogP contribution in [0.5, 0.6) is 0 Å². The fraction of sp³-hybridized carbons (Fsp3) is 0.240. The maximum atomic E-state index is 12.9. The molecule has 0 radical (unpaired) electrons. The lowest BCUT2D eigenvalue weighted by Gasteiger charge is -2.15. The molecule has 3 aromatic rings. The zero-order valence-corrected chi connectivity index (χ0v) is 19.3.